The van der Waals surface area contributed by atoms with Crippen LogP contribution in [0.4, 0.5) is 10.5 Å². The molecule has 0 aliphatic rings. The molecule has 2 amide bonds. The Hall–Kier alpha value is -2.77. The first-order chi connectivity index (χ1) is 10.9. The number of nitrogens with zero attached hydrogens (tertiary/aromatic N) is 1. The zero-order valence-corrected chi connectivity index (χ0v) is 13.2. The lowest BCUT2D eigenvalue weighted by atomic mass is 10.2. The molecule has 0 heterocycles. The predicted molar refractivity (Wildman–Crippen MR) is 89.9 cm³/mol. The molecule has 7 nitrogen and oxygen atoms in total. The maximum Gasteiger partial charge on any atom is 0.350 e. The molecular formula is C16H22N4O3. The zero-order chi connectivity index (χ0) is 17.4. The molecule has 7 heteroatoms. The topological polar surface area (TPSA) is 114 Å². The van der Waals surface area contributed by atoms with E-state index < -0.39 is 6.03 Å². The number of anilines is 1. The number of benzene rings is 1. The Morgan fingerprint density at radius 2 is 2.09 bits per heavy atom. The molecule has 1 aromatic carbocycles. The fourth-order valence-electron chi connectivity index (χ4n) is 1.73. The van der Waals surface area contributed by atoms with Crippen molar-refractivity contribution in [3.05, 3.63) is 65.7 Å². The van der Waals surface area contributed by atoms with Crippen molar-refractivity contribution in [2.75, 3.05) is 5.01 Å². The van der Waals surface area contributed by atoms with Crippen molar-refractivity contribution in [3.8, 4) is 0 Å². The van der Waals surface area contributed by atoms with E-state index in [2.05, 4.69) is 6.58 Å². The average Bonchev–Trinajstić information content (AvgIpc) is 2.58. The summed E-state index contributed by atoms with van der Waals surface area (Å²) in [5.74, 6) is 11.5. The Labute approximate surface area is 135 Å². The number of aliphatic hydroxyl groups is 1. The number of hydrogen-bond donors (Lipinski definition) is 4. The van der Waals surface area contributed by atoms with Gasteiger partial charge in [0.25, 0.3) is 0 Å². The number of hydrogen-bond acceptors (Lipinski definition) is 5. The Kier molecular flexibility index (Phi) is 6.85. The third-order valence-corrected chi connectivity index (χ3v) is 3.17. The number of nitrogens with two attached hydrogens (primary N) is 2. The summed E-state index contributed by atoms with van der Waals surface area (Å²) in [6.45, 7) is 7.25. The maximum atomic E-state index is 11.5. The van der Waals surface area contributed by atoms with Gasteiger partial charge in [0.05, 0.1) is 11.4 Å². The van der Waals surface area contributed by atoms with Crippen molar-refractivity contribution >= 4 is 11.7 Å². The highest BCUT2D eigenvalue weighted by atomic mass is 16.5. The molecule has 23 heavy (non-hydrogen) atoms. The molecule has 0 spiro atoms. The number of allylic oxidation sites excluding steroid dienone is 4. The van der Waals surface area contributed by atoms with Crippen molar-refractivity contribution in [1.82, 2.24) is 5.43 Å². The summed E-state index contributed by atoms with van der Waals surface area (Å²) in [5, 5.41) is 10.4. The number of ether oxygens (including phenoxy) is 1. The van der Waals surface area contributed by atoms with Gasteiger partial charge in [-0.15, -0.1) is 0 Å². The van der Waals surface area contributed by atoms with Crippen LogP contribution in [-0.2, 0) is 11.3 Å². The molecule has 1 rings (SSSR count). The maximum absolute atomic E-state index is 11.5. The Morgan fingerprint density at radius 1 is 1.43 bits per heavy atom. The number of para-hydroxylation sites is 1. The first-order valence-corrected chi connectivity index (χ1v) is 6.87. The largest absolute Gasteiger partial charge is 0.508 e. The van der Waals surface area contributed by atoms with Gasteiger partial charge in [-0.05, 0) is 37.6 Å². The number of nitrogens with one attached hydrogen (secondary N) is 1. The average molecular weight is 318 g/mol. The fraction of sp³-hybridized carbons (Fsp3) is 0.188. The molecule has 6 N–H and O–H groups in total. The molecular weight excluding hydrogens is 296 g/mol. The quantitative estimate of drug-likeness (QED) is 0.211. The van der Waals surface area contributed by atoms with Crippen molar-refractivity contribution < 1.29 is 14.6 Å². The van der Waals surface area contributed by atoms with Crippen LogP contribution in [0.2, 0.25) is 0 Å². The monoisotopic (exact) mass is 318 g/mol. The van der Waals surface area contributed by atoms with E-state index in [4.69, 9.17) is 16.4 Å². The van der Waals surface area contributed by atoms with Crippen molar-refractivity contribution in [2.45, 2.75) is 20.5 Å². The molecule has 0 aromatic heterocycles. The number of carbonyl (C=O) groups is 1. The second-order valence-corrected chi connectivity index (χ2v) is 4.75. The number of carbonyl (C=O) groups excluding carboxylic acids is 1. The normalized spacial score (nSPS) is 12.3. The van der Waals surface area contributed by atoms with Crippen LogP contribution in [0.25, 0.3) is 0 Å². The van der Waals surface area contributed by atoms with Crippen LogP contribution in [0, 0.1) is 0 Å². The first-order valence-electron chi connectivity index (χ1n) is 6.87. The second kappa shape index (κ2) is 8.62. The molecule has 0 atom stereocenters. The highest BCUT2D eigenvalue weighted by molar-refractivity contribution is 5.91. The molecule has 0 unspecified atom stereocenters. The predicted octanol–water partition coefficient (Wildman–Crippen LogP) is 2.39. The standard InChI is InChI=1S/C16H22N4O3/c1-4-14(21)9-11(2)12(3)23-10-13-7-5-6-8-15(13)20(18)16(22)19-17/h4-9,21H,1,10,17-18H2,2-3H3,(H,19,22)/b12-11+,14-9+. The van der Waals surface area contributed by atoms with Gasteiger partial charge in [0.15, 0.2) is 0 Å². The zero-order valence-electron chi connectivity index (χ0n) is 13.2. The summed E-state index contributed by atoms with van der Waals surface area (Å²) in [7, 11) is 0. The molecule has 0 aliphatic carbocycles. The third kappa shape index (κ3) is 5.17. The van der Waals surface area contributed by atoms with Crippen molar-refractivity contribution in [1.29, 1.82) is 0 Å². The molecule has 124 valence electrons. The number of rotatable bonds is 6. The number of hydrazine groups is 2. The molecule has 1 aromatic rings. The van der Waals surface area contributed by atoms with E-state index >= 15 is 0 Å². The minimum atomic E-state index is -0.639. The molecule has 0 saturated heterocycles. The summed E-state index contributed by atoms with van der Waals surface area (Å²) in [5.41, 5.74) is 3.91. The Morgan fingerprint density at radius 3 is 2.70 bits per heavy atom. The van der Waals surface area contributed by atoms with E-state index in [9.17, 15) is 9.90 Å². The van der Waals surface area contributed by atoms with E-state index in [1.807, 2.05) is 11.5 Å². The summed E-state index contributed by atoms with van der Waals surface area (Å²) < 4.78 is 5.68. The third-order valence-electron chi connectivity index (χ3n) is 3.17. The van der Waals surface area contributed by atoms with Crippen LogP contribution >= 0.6 is 0 Å². The van der Waals surface area contributed by atoms with Crippen LogP contribution < -0.4 is 22.1 Å². The smallest absolute Gasteiger partial charge is 0.350 e. The summed E-state index contributed by atoms with van der Waals surface area (Å²) in [4.78, 5) is 11.5. The van der Waals surface area contributed by atoms with Crippen LogP contribution in [0.3, 0.4) is 0 Å². The highest BCUT2D eigenvalue weighted by Gasteiger charge is 2.14. The van der Waals surface area contributed by atoms with Gasteiger partial charge >= 0.3 is 6.03 Å². The van der Waals surface area contributed by atoms with E-state index in [0.29, 0.717) is 17.0 Å². The van der Waals surface area contributed by atoms with Crippen LogP contribution in [-0.4, -0.2) is 11.1 Å². The van der Waals surface area contributed by atoms with E-state index in [-0.39, 0.29) is 12.4 Å². The molecule has 0 aliphatic heterocycles. The van der Waals surface area contributed by atoms with Crippen LogP contribution in [0.15, 0.2) is 60.1 Å². The summed E-state index contributed by atoms with van der Waals surface area (Å²) in [6, 6.07) is 6.40. The number of amides is 2. The van der Waals surface area contributed by atoms with Gasteiger partial charge < -0.3 is 9.84 Å². The first kappa shape index (κ1) is 18.3. The number of urea groups is 1. The molecule has 0 fully saturated rings. The van der Waals surface area contributed by atoms with Gasteiger partial charge in [-0.25, -0.2) is 21.5 Å². The van der Waals surface area contributed by atoms with Gasteiger partial charge in [-0.3, -0.25) is 5.43 Å². The Balaban J connectivity index is 2.93. The van der Waals surface area contributed by atoms with Gasteiger partial charge in [0, 0.05) is 5.56 Å². The fourth-order valence-corrected chi connectivity index (χ4v) is 1.73. The lowest BCUT2D eigenvalue weighted by Crippen LogP contribution is -2.48. The minimum Gasteiger partial charge on any atom is -0.508 e. The lowest BCUT2D eigenvalue weighted by Gasteiger charge is -2.19. The molecule has 0 radical (unpaired) electrons. The summed E-state index contributed by atoms with van der Waals surface area (Å²) >= 11 is 0. The van der Waals surface area contributed by atoms with Gasteiger partial charge in [-0.2, -0.15) is 0 Å². The van der Waals surface area contributed by atoms with Crippen LogP contribution in [0.5, 0.6) is 0 Å². The van der Waals surface area contributed by atoms with Crippen molar-refractivity contribution in [3.63, 3.8) is 0 Å². The van der Waals surface area contributed by atoms with Gasteiger partial charge in [-0.1, -0.05) is 24.8 Å². The van der Waals surface area contributed by atoms with Crippen LogP contribution in [0.1, 0.15) is 19.4 Å². The minimum absolute atomic E-state index is 0.0543. The van der Waals surface area contributed by atoms with Gasteiger partial charge in [0.2, 0.25) is 0 Å². The SMILES string of the molecule is C=C/C(O)=C\C(C)=C(/C)OCc1ccccc1N(N)C(=O)NN. The van der Waals surface area contributed by atoms with E-state index in [1.165, 1.54) is 6.08 Å². The number of aliphatic hydroxyl groups excluding tert-OH is 1. The van der Waals surface area contributed by atoms with Gasteiger partial charge in [0.1, 0.15) is 12.4 Å². The Bertz CT molecular complexity index is 638. The van der Waals surface area contributed by atoms with Crippen molar-refractivity contribution in [2.24, 2.45) is 11.7 Å². The highest BCUT2D eigenvalue weighted by Crippen LogP contribution is 2.21. The summed E-state index contributed by atoms with van der Waals surface area (Å²) in [6.07, 6.45) is 2.88. The lowest BCUT2D eigenvalue weighted by molar-refractivity contribution is 0.198. The molecule has 0 saturated carbocycles. The van der Waals surface area contributed by atoms with E-state index in [1.54, 1.807) is 38.1 Å². The second-order valence-electron chi connectivity index (χ2n) is 4.75. The van der Waals surface area contributed by atoms with E-state index in [0.717, 1.165) is 10.6 Å². The molecule has 0 bridgehead atoms.